The number of carbonyl (C=O) groups is 1. The van der Waals surface area contributed by atoms with Crippen LogP contribution in [0.2, 0.25) is 0 Å². The average Bonchev–Trinajstić information content (AvgIpc) is 3.34. The van der Waals surface area contributed by atoms with E-state index in [0.29, 0.717) is 29.7 Å². The van der Waals surface area contributed by atoms with Crippen molar-refractivity contribution in [3.63, 3.8) is 0 Å². The van der Waals surface area contributed by atoms with Crippen LogP contribution in [0.25, 0.3) is 5.65 Å². The van der Waals surface area contributed by atoms with Crippen LogP contribution >= 0.6 is 12.4 Å². The first-order valence-corrected chi connectivity index (χ1v) is 10.5. The van der Waals surface area contributed by atoms with E-state index in [1.54, 1.807) is 12.3 Å². The summed E-state index contributed by atoms with van der Waals surface area (Å²) in [6, 6.07) is -1.28. The van der Waals surface area contributed by atoms with Gasteiger partial charge < -0.3 is 20.7 Å². The molecule has 3 N–H and O–H groups in total. The number of rotatable bonds is 7. The molecule has 2 fully saturated rings. The first-order chi connectivity index (χ1) is 15.2. The summed E-state index contributed by atoms with van der Waals surface area (Å²) >= 11 is 0. The largest absolute Gasteiger partial charge is 0.382 e. The Labute approximate surface area is 194 Å². The molecule has 1 aliphatic carbocycles. The Kier molecular flexibility index (Phi) is 7.69. The topological polar surface area (TPSA) is 97.8 Å². The van der Waals surface area contributed by atoms with Crippen LogP contribution in [0.3, 0.4) is 0 Å². The fourth-order valence-electron chi connectivity index (χ4n) is 4.43. The molecule has 1 saturated heterocycles. The molecular weight excluding hydrogens is 468 g/mol. The number of amides is 2. The molecule has 2 amide bonds. The average molecular weight is 495 g/mol. The van der Waals surface area contributed by atoms with E-state index in [1.807, 2.05) is 0 Å². The Bertz CT molecular complexity index is 967. The van der Waals surface area contributed by atoms with Crippen LogP contribution in [0.1, 0.15) is 49.0 Å². The number of methoxy groups -OCH3 is 1. The fourth-order valence-corrected chi connectivity index (χ4v) is 4.43. The van der Waals surface area contributed by atoms with Gasteiger partial charge in [-0.3, -0.25) is 0 Å². The lowest BCUT2D eigenvalue weighted by atomic mass is 9.81. The summed E-state index contributed by atoms with van der Waals surface area (Å²) in [5.74, 6) is -2.73. The number of ether oxygens (including phenoxy) is 1. The summed E-state index contributed by atoms with van der Waals surface area (Å²) < 4.78 is 59.8. The maximum Gasteiger partial charge on any atom is 0.318 e. The van der Waals surface area contributed by atoms with E-state index in [1.165, 1.54) is 22.7 Å². The molecule has 4 rings (SSSR count). The highest BCUT2D eigenvalue weighted by molar-refractivity contribution is 5.85. The minimum Gasteiger partial charge on any atom is -0.382 e. The molecule has 0 bridgehead atoms. The van der Waals surface area contributed by atoms with Gasteiger partial charge in [0.1, 0.15) is 6.04 Å². The van der Waals surface area contributed by atoms with Crippen molar-refractivity contribution in [1.29, 1.82) is 0 Å². The van der Waals surface area contributed by atoms with Gasteiger partial charge in [-0.05, 0) is 24.8 Å². The molecule has 2 aromatic heterocycles. The van der Waals surface area contributed by atoms with Crippen molar-refractivity contribution in [2.45, 2.75) is 56.2 Å². The molecule has 13 heteroatoms. The predicted molar refractivity (Wildman–Crippen MR) is 114 cm³/mol. The second-order valence-corrected chi connectivity index (χ2v) is 8.49. The van der Waals surface area contributed by atoms with Gasteiger partial charge in [-0.25, -0.2) is 31.9 Å². The number of nitrogens with zero attached hydrogens (tertiary/aromatic N) is 4. The van der Waals surface area contributed by atoms with E-state index >= 15 is 0 Å². The van der Waals surface area contributed by atoms with Crippen molar-refractivity contribution in [2.75, 3.05) is 20.3 Å². The number of nitrogens with two attached hydrogens (primary N) is 1. The summed E-state index contributed by atoms with van der Waals surface area (Å²) in [6.45, 7) is -0.0722. The van der Waals surface area contributed by atoms with Crippen molar-refractivity contribution in [3.8, 4) is 0 Å². The zero-order valence-electron chi connectivity index (χ0n) is 18.0. The molecule has 184 valence electrons. The highest BCUT2D eigenvalue weighted by Crippen LogP contribution is 2.40. The Morgan fingerprint density at radius 2 is 2.03 bits per heavy atom. The Morgan fingerprint density at radius 1 is 1.33 bits per heavy atom. The van der Waals surface area contributed by atoms with E-state index in [0.717, 1.165) is 0 Å². The van der Waals surface area contributed by atoms with Crippen LogP contribution in [-0.4, -0.2) is 64.2 Å². The molecule has 0 spiro atoms. The van der Waals surface area contributed by atoms with Crippen molar-refractivity contribution >= 4 is 24.1 Å². The van der Waals surface area contributed by atoms with Crippen LogP contribution in [-0.2, 0) is 4.74 Å². The van der Waals surface area contributed by atoms with Gasteiger partial charge in [-0.2, -0.15) is 5.10 Å². The molecule has 1 unspecified atom stereocenters. The summed E-state index contributed by atoms with van der Waals surface area (Å²) in [7, 11) is 1.46. The normalized spacial score (nSPS) is 22.9. The molecule has 3 atom stereocenters. The van der Waals surface area contributed by atoms with Gasteiger partial charge >= 0.3 is 6.03 Å². The minimum absolute atomic E-state index is 0. The minimum atomic E-state index is -2.68. The van der Waals surface area contributed by atoms with E-state index in [-0.39, 0.29) is 44.3 Å². The van der Waals surface area contributed by atoms with Gasteiger partial charge in [0.15, 0.2) is 5.65 Å². The summed E-state index contributed by atoms with van der Waals surface area (Å²) in [5, 5.41) is 6.60. The number of hydrogen-bond acceptors (Lipinski definition) is 5. The van der Waals surface area contributed by atoms with Gasteiger partial charge in [0, 0.05) is 32.1 Å². The lowest BCUT2D eigenvalue weighted by Crippen LogP contribution is -2.34. The van der Waals surface area contributed by atoms with Crippen molar-refractivity contribution in [1.82, 2.24) is 24.8 Å². The fraction of sp³-hybridized carbons (Fsp3) is 0.650. The number of halogens is 5. The van der Waals surface area contributed by atoms with Crippen LogP contribution in [0.5, 0.6) is 0 Å². The SMILES string of the molecule is COC[C@H](c1cnn2cc([C@@H](N)C3CCC(F)(F)CC3)nc2c1)N1CC(C(F)F)NC1=O.Cl. The maximum absolute atomic E-state index is 13.5. The zero-order valence-corrected chi connectivity index (χ0v) is 18.8. The molecule has 2 aromatic rings. The summed E-state index contributed by atoms with van der Waals surface area (Å²) in [6.07, 6.45) is 0.797. The number of imidazole rings is 1. The number of urea groups is 1. The van der Waals surface area contributed by atoms with Gasteiger partial charge in [0.05, 0.1) is 36.8 Å². The monoisotopic (exact) mass is 494 g/mol. The number of aromatic nitrogens is 3. The third-order valence-corrected chi connectivity index (χ3v) is 6.32. The van der Waals surface area contributed by atoms with Gasteiger partial charge in [0.25, 0.3) is 6.43 Å². The third-order valence-electron chi connectivity index (χ3n) is 6.32. The third kappa shape index (κ3) is 5.33. The second-order valence-electron chi connectivity index (χ2n) is 8.49. The first-order valence-electron chi connectivity index (χ1n) is 10.5. The maximum atomic E-state index is 13.5. The highest BCUT2D eigenvalue weighted by Gasteiger charge is 2.39. The predicted octanol–water partition coefficient (Wildman–Crippen LogP) is 3.32. The standard InChI is InChI=1S/C20H26F4N6O2.ClH/c1-32-10-15(29-8-14(18(21)22)28-19(29)31)12-6-16-27-13(9-30(16)26-7-12)17(25)11-2-4-20(23,24)5-3-11;/h6-7,9,11,14-15,17-18H,2-5,8,10,25H2,1H3,(H,28,31);1H/t14?,15-,17+;/m1./s1. The first kappa shape index (κ1) is 25.4. The quantitative estimate of drug-likeness (QED) is 0.575. The van der Waals surface area contributed by atoms with Gasteiger partial charge in [0.2, 0.25) is 5.92 Å². The van der Waals surface area contributed by atoms with E-state index < -0.39 is 36.5 Å². The number of nitrogens with one attached hydrogen (secondary N) is 1. The molecule has 1 aliphatic heterocycles. The summed E-state index contributed by atoms with van der Waals surface area (Å²) in [4.78, 5) is 18.1. The number of carbonyl (C=O) groups excluding carboxylic acids is 1. The van der Waals surface area contributed by atoms with E-state index in [4.69, 9.17) is 10.5 Å². The Morgan fingerprint density at radius 3 is 2.64 bits per heavy atom. The highest BCUT2D eigenvalue weighted by atomic mass is 35.5. The van der Waals surface area contributed by atoms with Crippen LogP contribution < -0.4 is 11.1 Å². The number of hydrogen-bond donors (Lipinski definition) is 2. The lowest BCUT2D eigenvalue weighted by Gasteiger charge is -2.31. The molecule has 0 radical (unpaired) electrons. The molecule has 2 aliphatic rings. The van der Waals surface area contributed by atoms with Crippen LogP contribution in [0, 0.1) is 5.92 Å². The Balaban J connectivity index is 0.00000306. The molecule has 1 saturated carbocycles. The molecule has 33 heavy (non-hydrogen) atoms. The van der Waals surface area contributed by atoms with Crippen LogP contribution in [0.15, 0.2) is 18.5 Å². The van der Waals surface area contributed by atoms with E-state index in [9.17, 15) is 22.4 Å². The number of fused-ring (bicyclic) bond motifs is 1. The van der Waals surface area contributed by atoms with Crippen molar-refractivity contribution in [3.05, 3.63) is 29.7 Å². The zero-order chi connectivity index (χ0) is 23.0. The molecule has 3 heterocycles. The molecule has 0 aromatic carbocycles. The smallest absolute Gasteiger partial charge is 0.318 e. The molecule has 8 nitrogen and oxygen atoms in total. The summed E-state index contributed by atoms with van der Waals surface area (Å²) in [5.41, 5.74) is 7.91. The van der Waals surface area contributed by atoms with E-state index in [2.05, 4.69) is 15.4 Å². The van der Waals surface area contributed by atoms with Crippen molar-refractivity contribution in [2.24, 2.45) is 11.7 Å². The molecular formula is C20H27ClF4N6O2. The van der Waals surface area contributed by atoms with Crippen molar-refractivity contribution < 1.29 is 27.1 Å². The Hall–Kier alpha value is -2.18. The van der Waals surface area contributed by atoms with Crippen LogP contribution in [0.4, 0.5) is 22.4 Å². The second kappa shape index (κ2) is 9.98. The lowest BCUT2D eigenvalue weighted by molar-refractivity contribution is -0.0484. The van der Waals surface area contributed by atoms with Gasteiger partial charge in [-0.15, -0.1) is 12.4 Å². The van der Waals surface area contributed by atoms with Gasteiger partial charge in [-0.1, -0.05) is 0 Å². The number of alkyl halides is 4.